The summed E-state index contributed by atoms with van der Waals surface area (Å²) >= 11 is 0. The van der Waals surface area contributed by atoms with Crippen molar-refractivity contribution in [3.8, 4) is 5.88 Å². The Morgan fingerprint density at radius 3 is 2.83 bits per heavy atom. The molecule has 1 aliphatic heterocycles. The van der Waals surface area contributed by atoms with Gasteiger partial charge in [-0.15, -0.1) is 0 Å². The highest BCUT2D eigenvalue weighted by molar-refractivity contribution is 5.22. The Morgan fingerprint density at radius 1 is 1.44 bits per heavy atom. The molecule has 1 unspecified atom stereocenters. The lowest BCUT2D eigenvalue weighted by molar-refractivity contribution is -0.0944. The number of aromatic hydroxyl groups is 1. The molecule has 2 rings (SSSR count). The Kier molecular flexibility index (Phi) is 3.83. The van der Waals surface area contributed by atoms with Crippen molar-refractivity contribution < 1.29 is 14.6 Å². The van der Waals surface area contributed by atoms with Crippen LogP contribution in [-0.4, -0.2) is 40.6 Å². The summed E-state index contributed by atoms with van der Waals surface area (Å²) in [5.41, 5.74) is -0.979. The van der Waals surface area contributed by atoms with Gasteiger partial charge in [0.05, 0.1) is 38.0 Å². The summed E-state index contributed by atoms with van der Waals surface area (Å²) in [6, 6.07) is 0. The molecule has 0 saturated carbocycles. The minimum Gasteiger partial charge on any atom is -0.494 e. The van der Waals surface area contributed by atoms with Crippen molar-refractivity contribution in [3.05, 3.63) is 26.4 Å². The summed E-state index contributed by atoms with van der Waals surface area (Å²) in [6.07, 6.45) is 0.0571. The first kappa shape index (κ1) is 12.8. The fourth-order valence-electron chi connectivity index (χ4n) is 1.93. The number of aromatic nitrogens is 2. The third-order valence-electron chi connectivity index (χ3n) is 2.89. The fraction of sp³-hybridized carbons (Fsp3) is 0.636. The maximum absolute atomic E-state index is 11.7. The number of hydrogen-bond acceptors (Lipinski definition) is 5. The number of H-pyrrole nitrogens is 1. The predicted octanol–water partition coefficient (Wildman–Crippen LogP) is -0.780. The first-order valence-corrected chi connectivity index (χ1v) is 5.87. The van der Waals surface area contributed by atoms with E-state index in [0.717, 1.165) is 4.57 Å². The molecule has 0 bridgehead atoms. The van der Waals surface area contributed by atoms with Gasteiger partial charge in [-0.1, -0.05) is 6.92 Å². The van der Waals surface area contributed by atoms with Gasteiger partial charge in [-0.25, -0.2) is 4.79 Å². The van der Waals surface area contributed by atoms with E-state index in [1.807, 2.05) is 0 Å². The maximum atomic E-state index is 11.7. The Bertz CT molecular complexity index is 527. The molecule has 0 radical (unpaired) electrons. The van der Waals surface area contributed by atoms with Crippen molar-refractivity contribution in [2.45, 2.75) is 26.0 Å². The molecule has 1 aromatic rings. The zero-order valence-corrected chi connectivity index (χ0v) is 10.1. The van der Waals surface area contributed by atoms with Gasteiger partial charge in [-0.3, -0.25) is 14.3 Å². The van der Waals surface area contributed by atoms with E-state index in [4.69, 9.17) is 9.47 Å². The molecule has 0 amide bonds. The van der Waals surface area contributed by atoms with Crippen LogP contribution in [0.2, 0.25) is 0 Å². The molecule has 2 heterocycles. The molecular weight excluding hydrogens is 240 g/mol. The third-order valence-corrected chi connectivity index (χ3v) is 2.89. The molecule has 1 fully saturated rings. The molecule has 0 spiro atoms. The molecule has 1 aliphatic rings. The smallest absolute Gasteiger partial charge is 0.331 e. The number of hydrogen-bond donors (Lipinski definition) is 2. The van der Waals surface area contributed by atoms with E-state index >= 15 is 0 Å². The van der Waals surface area contributed by atoms with Crippen molar-refractivity contribution in [2.75, 3.05) is 19.8 Å². The van der Waals surface area contributed by atoms with Gasteiger partial charge in [-0.2, -0.15) is 0 Å². The third kappa shape index (κ3) is 2.46. The number of ether oxygens (including phenoxy) is 2. The van der Waals surface area contributed by atoms with Gasteiger partial charge < -0.3 is 14.6 Å². The fourth-order valence-corrected chi connectivity index (χ4v) is 1.93. The van der Waals surface area contributed by atoms with Crippen molar-refractivity contribution in [2.24, 2.45) is 0 Å². The van der Waals surface area contributed by atoms with Crippen LogP contribution in [0, 0.1) is 0 Å². The molecule has 2 N–H and O–H groups in total. The zero-order valence-electron chi connectivity index (χ0n) is 10.1. The minimum atomic E-state index is -0.635. The molecule has 7 nitrogen and oxygen atoms in total. The van der Waals surface area contributed by atoms with Gasteiger partial charge >= 0.3 is 5.69 Å². The van der Waals surface area contributed by atoms with E-state index in [9.17, 15) is 14.7 Å². The maximum Gasteiger partial charge on any atom is 0.331 e. The summed E-state index contributed by atoms with van der Waals surface area (Å²) in [5, 5.41) is 9.93. The number of nitrogens with zero attached hydrogens (tertiary/aromatic N) is 1. The van der Waals surface area contributed by atoms with Gasteiger partial charge in [0.25, 0.3) is 5.56 Å². The lowest BCUT2D eigenvalue weighted by atomic mass is 10.2. The zero-order chi connectivity index (χ0) is 13.1. The quantitative estimate of drug-likeness (QED) is 0.740. The van der Waals surface area contributed by atoms with Gasteiger partial charge in [0, 0.05) is 0 Å². The van der Waals surface area contributed by atoms with E-state index in [1.54, 1.807) is 6.92 Å². The highest BCUT2D eigenvalue weighted by Crippen LogP contribution is 2.12. The Hall–Kier alpha value is -1.60. The van der Waals surface area contributed by atoms with E-state index in [1.165, 1.54) is 0 Å². The molecule has 0 aliphatic carbocycles. The van der Waals surface area contributed by atoms with Crippen molar-refractivity contribution in [1.29, 1.82) is 0 Å². The SMILES string of the molecule is CCc1c(O)n(CC2COCCO2)c(=O)[nH]c1=O. The predicted molar refractivity (Wildman–Crippen MR) is 62.9 cm³/mol. The first-order chi connectivity index (χ1) is 8.63. The highest BCUT2D eigenvalue weighted by atomic mass is 16.6. The van der Waals surface area contributed by atoms with Crippen LogP contribution in [-0.2, 0) is 22.4 Å². The van der Waals surface area contributed by atoms with Crippen molar-refractivity contribution >= 4 is 0 Å². The Morgan fingerprint density at radius 2 is 2.22 bits per heavy atom. The molecule has 0 aromatic carbocycles. The van der Waals surface area contributed by atoms with E-state index in [2.05, 4.69) is 4.98 Å². The van der Waals surface area contributed by atoms with Gasteiger partial charge in [0.2, 0.25) is 5.88 Å². The summed E-state index contributed by atoms with van der Waals surface area (Å²) in [4.78, 5) is 25.3. The van der Waals surface area contributed by atoms with Crippen molar-refractivity contribution in [3.63, 3.8) is 0 Å². The van der Waals surface area contributed by atoms with Crippen LogP contribution in [0.25, 0.3) is 0 Å². The van der Waals surface area contributed by atoms with Crippen LogP contribution >= 0.6 is 0 Å². The Labute approximate surface area is 103 Å². The largest absolute Gasteiger partial charge is 0.494 e. The topological polar surface area (TPSA) is 93.6 Å². The molecule has 1 aromatic heterocycles. The van der Waals surface area contributed by atoms with Crippen LogP contribution < -0.4 is 11.2 Å². The van der Waals surface area contributed by atoms with Gasteiger partial charge in [0.15, 0.2) is 0 Å². The van der Waals surface area contributed by atoms with Gasteiger partial charge in [0.1, 0.15) is 0 Å². The minimum absolute atomic E-state index is 0.161. The lowest BCUT2D eigenvalue weighted by Gasteiger charge is -2.24. The summed E-state index contributed by atoms with van der Waals surface area (Å²) in [5.74, 6) is -0.291. The summed E-state index contributed by atoms with van der Waals surface area (Å²) < 4.78 is 11.7. The van der Waals surface area contributed by atoms with Crippen LogP contribution in [0.15, 0.2) is 9.59 Å². The first-order valence-electron chi connectivity index (χ1n) is 5.87. The molecule has 7 heteroatoms. The number of nitrogens with one attached hydrogen (secondary N) is 1. The van der Waals surface area contributed by atoms with E-state index in [-0.39, 0.29) is 24.1 Å². The average Bonchev–Trinajstić information content (AvgIpc) is 2.36. The second-order valence-corrected chi connectivity index (χ2v) is 4.09. The molecular formula is C11H16N2O5. The van der Waals surface area contributed by atoms with Crippen LogP contribution in [0.5, 0.6) is 5.88 Å². The van der Waals surface area contributed by atoms with E-state index < -0.39 is 11.2 Å². The number of rotatable bonds is 3. The second-order valence-electron chi connectivity index (χ2n) is 4.09. The molecule has 18 heavy (non-hydrogen) atoms. The molecule has 100 valence electrons. The van der Waals surface area contributed by atoms with Gasteiger partial charge in [-0.05, 0) is 6.42 Å². The van der Waals surface area contributed by atoms with Crippen LogP contribution in [0.1, 0.15) is 12.5 Å². The molecule has 1 saturated heterocycles. The Balaban J connectivity index is 2.32. The van der Waals surface area contributed by atoms with Crippen LogP contribution in [0.4, 0.5) is 0 Å². The average molecular weight is 256 g/mol. The second kappa shape index (κ2) is 5.36. The standard InChI is InChI=1S/C11H16N2O5/c1-2-8-9(14)12-11(16)13(10(8)15)5-7-6-17-3-4-18-7/h7,15H,2-6H2,1H3,(H,12,14,16). The highest BCUT2D eigenvalue weighted by Gasteiger charge is 2.19. The lowest BCUT2D eigenvalue weighted by Crippen LogP contribution is -2.39. The summed E-state index contributed by atoms with van der Waals surface area (Å²) in [7, 11) is 0. The summed E-state index contributed by atoms with van der Waals surface area (Å²) in [6.45, 7) is 3.26. The number of aromatic amines is 1. The van der Waals surface area contributed by atoms with Crippen LogP contribution in [0.3, 0.4) is 0 Å². The normalized spacial score (nSPS) is 19.9. The molecule has 1 atom stereocenters. The monoisotopic (exact) mass is 256 g/mol. The van der Waals surface area contributed by atoms with Crippen molar-refractivity contribution in [1.82, 2.24) is 9.55 Å². The van der Waals surface area contributed by atoms with E-state index in [0.29, 0.717) is 26.2 Å².